The van der Waals surface area contributed by atoms with E-state index < -0.39 is 0 Å². The van der Waals surface area contributed by atoms with E-state index in [1.807, 2.05) is 6.92 Å². The average molecular weight is 199 g/mol. The van der Waals surface area contributed by atoms with Crippen LogP contribution in [0.1, 0.15) is 39.0 Å². The number of hydrogen-bond donors (Lipinski definition) is 0. The Hall–Kier alpha value is -0.930. The summed E-state index contributed by atoms with van der Waals surface area (Å²) in [6.45, 7) is 1.98. The number of nitro groups is 1. The van der Waals surface area contributed by atoms with Gasteiger partial charge in [0.15, 0.2) is 0 Å². The molecule has 4 nitrogen and oxygen atoms in total. The minimum atomic E-state index is -0.387. The number of carbonyl (C=O) groups is 1. The topological polar surface area (TPSA) is 60.2 Å². The summed E-state index contributed by atoms with van der Waals surface area (Å²) in [5.41, 5.74) is -0.387. The summed E-state index contributed by atoms with van der Waals surface area (Å²) in [7, 11) is 0. The monoisotopic (exact) mass is 199 g/mol. The van der Waals surface area contributed by atoms with Crippen molar-refractivity contribution in [1.82, 2.24) is 0 Å². The fraction of sp³-hybridized carbons (Fsp3) is 0.900. The van der Waals surface area contributed by atoms with E-state index in [1.165, 1.54) is 0 Å². The molecule has 1 aliphatic carbocycles. The quantitative estimate of drug-likeness (QED) is 0.387. The number of aldehydes is 1. The van der Waals surface area contributed by atoms with Crippen LogP contribution in [0, 0.1) is 21.4 Å². The standard InChI is InChI=1S/C10H17NO3/c1-2-5-10(8-12)6-3-4-9(10)7-11(13)14/h8-9H,2-7H2,1H3/t9-,10+/m0/s1. The van der Waals surface area contributed by atoms with Crippen molar-refractivity contribution < 1.29 is 9.72 Å². The van der Waals surface area contributed by atoms with Crippen LogP contribution in [0.25, 0.3) is 0 Å². The largest absolute Gasteiger partial charge is 0.303 e. The Balaban J connectivity index is 2.71. The molecule has 0 aromatic carbocycles. The molecule has 2 atom stereocenters. The minimum absolute atomic E-state index is 0.0325. The lowest BCUT2D eigenvalue weighted by atomic mass is 9.75. The molecule has 1 fully saturated rings. The van der Waals surface area contributed by atoms with Crippen LogP contribution in [0.5, 0.6) is 0 Å². The van der Waals surface area contributed by atoms with E-state index in [0.717, 1.165) is 38.4 Å². The number of rotatable bonds is 5. The van der Waals surface area contributed by atoms with Gasteiger partial charge in [0.1, 0.15) is 6.29 Å². The van der Waals surface area contributed by atoms with Gasteiger partial charge in [-0.2, -0.15) is 0 Å². The van der Waals surface area contributed by atoms with Crippen molar-refractivity contribution in [2.24, 2.45) is 11.3 Å². The highest BCUT2D eigenvalue weighted by Gasteiger charge is 2.44. The molecule has 1 rings (SSSR count). The molecule has 0 radical (unpaired) electrons. The molecule has 0 heterocycles. The third-order valence-corrected chi connectivity index (χ3v) is 3.33. The highest BCUT2D eigenvalue weighted by molar-refractivity contribution is 5.60. The van der Waals surface area contributed by atoms with Crippen LogP contribution in [0.2, 0.25) is 0 Å². The molecular weight excluding hydrogens is 182 g/mol. The predicted molar refractivity (Wildman–Crippen MR) is 52.6 cm³/mol. The number of nitrogens with zero attached hydrogens (tertiary/aromatic N) is 1. The molecule has 14 heavy (non-hydrogen) atoms. The van der Waals surface area contributed by atoms with E-state index in [9.17, 15) is 14.9 Å². The fourth-order valence-electron chi connectivity index (χ4n) is 2.63. The SMILES string of the molecule is CCC[C@]1(C=O)CCC[C@H]1C[N+](=O)[O-]. The fourth-order valence-corrected chi connectivity index (χ4v) is 2.63. The Kier molecular flexibility index (Phi) is 3.61. The van der Waals surface area contributed by atoms with Gasteiger partial charge >= 0.3 is 0 Å². The van der Waals surface area contributed by atoms with Gasteiger partial charge in [-0.3, -0.25) is 10.1 Å². The van der Waals surface area contributed by atoms with Crippen molar-refractivity contribution in [3.05, 3.63) is 10.1 Å². The highest BCUT2D eigenvalue weighted by Crippen LogP contribution is 2.45. The summed E-state index contributed by atoms with van der Waals surface area (Å²) >= 11 is 0. The Morgan fingerprint density at radius 2 is 2.36 bits per heavy atom. The van der Waals surface area contributed by atoms with Crippen LogP contribution in [0.3, 0.4) is 0 Å². The molecule has 0 aromatic rings. The second kappa shape index (κ2) is 4.53. The lowest BCUT2D eigenvalue weighted by molar-refractivity contribution is -0.490. The molecule has 0 N–H and O–H groups in total. The maximum absolute atomic E-state index is 11.1. The number of carbonyl (C=O) groups excluding carboxylic acids is 1. The molecule has 0 unspecified atom stereocenters. The second-order valence-corrected chi connectivity index (χ2v) is 4.21. The second-order valence-electron chi connectivity index (χ2n) is 4.21. The third-order valence-electron chi connectivity index (χ3n) is 3.33. The van der Waals surface area contributed by atoms with Gasteiger partial charge in [0, 0.05) is 16.3 Å². The smallest absolute Gasteiger partial charge is 0.207 e. The maximum atomic E-state index is 11.1. The third kappa shape index (κ3) is 2.11. The van der Waals surface area contributed by atoms with Gasteiger partial charge in [-0.1, -0.05) is 19.8 Å². The van der Waals surface area contributed by atoms with Crippen molar-refractivity contribution in [3.63, 3.8) is 0 Å². The predicted octanol–water partition coefficient (Wildman–Crippen LogP) is 2.05. The lowest BCUT2D eigenvalue weighted by Crippen LogP contribution is -2.32. The van der Waals surface area contributed by atoms with Gasteiger partial charge in [0.2, 0.25) is 6.54 Å². The normalized spacial score (nSPS) is 31.6. The van der Waals surface area contributed by atoms with Gasteiger partial charge in [0.05, 0.1) is 0 Å². The van der Waals surface area contributed by atoms with Crippen molar-refractivity contribution >= 4 is 6.29 Å². The van der Waals surface area contributed by atoms with E-state index >= 15 is 0 Å². The van der Waals surface area contributed by atoms with Gasteiger partial charge in [-0.25, -0.2) is 0 Å². The van der Waals surface area contributed by atoms with Gasteiger partial charge < -0.3 is 4.79 Å². The molecule has 80 valence electrons. The van der Waals surface area contributed by atoms with Gasteiger partial charge in [0.25, 0.3) is 0 Å². The summed E-state index contributed by atoms with van der Waals surface area (Å²) in [6.07, 6.45) is 5.32. The van der Waals surface area contributed by atoms with E-state index in [2.05, 4.69) is 0 Å². The van der Waals surface area contributed by atoms with Crippen LogP contribution in [0.4, 0.5) is 0 Å². The Morgan fingerprint density at radius 1 is 1.64 bits per heavy atom. The van der Waals surface area contributed by atoms with E-state index in [0.29, 0.717) is 0 Å². The van der Waals surface area contributed by atoms with Gasteiger partial charge in [-0.15, -0.1) is 0 Å². The zero-order valence-corrected chi connectivity index (χ0v) is 8.57. The van der Waals surface area contributed by atoms with Gasteiger partial charge in [-0.05, 0) is 19.3 Å². The van der Waals surface area contributed by atoms with Crippen molar-refractivity contribution in [3.8, 4) is 0 Å². The summed E-state index contributed by atoms with van der Waals surface area (Å²) in [4.78, 5) is 21.3. The summed E-state index contributed by atoms with van der Waals surface area (Å²) in [5, 5.41) is 10.5. The maximum Gasteiger partial charge on any atom is 0.207 e. The van der Waals surface area contributed by atoms with Crippen molar-refractivity contribution in [2.45, 2.75) is 39.0 Å². The molecule has 1 aliphatic rings. The molecule has 4 heteroatoms. The van der Waals surface area contributed by atoms with E-state index in [4.69, 9.17) is 0 Å². The molecule has 0 aromatic heterocycles. The zero-order chi connectivity index (χ0) is 10.6. The van der Waals surface area contributed by atoms with Crippen LogP contribution < -0.4 is 0 Å². The Labute approximate surface area is 83.8 Å². The molecule has 1 saturated carbocycles. The zero-order valence-electron chi connectivity index (χ0n) is 8.57. The minimum Gasteiger partial charge on any atom is -0.303 e. The van der Waals surface area contributed by atoms with Crippen LogP contribution >= 0.6 is 0 Å². The van der Waals surface area contributed by atoms with Crippen molar-refractivity contribution in [2.75, 3.05) is 6.54 Å². The first-order valence-corrected chi connectivity index (χ1v) is 5.23. The van der Waals surface area contributed by atoms with E-state index in [-0.39, 0.29) is 22.8 Å². The molecule has 0 bridgehead atoms. The first-order valence-electron chi connectivity index (χ1n) is 5.23. The summed E-state index contributed by atoms with van der Waals surface area (Å²) < 4.78 is 0. The summed E-state index contributed by atoms with van der Waals surface area (Å²) in [6, 6.07) is 0. The Bertz CT molecular complexity index is 229. The molecule has 0 aliphatic heterocycles. The van der Waals surface area contributed by atoms with Crippen LogP contribution in [0.15, 0.2) is 0 Å². The molecule has 0 saturated heterocycles. The highest BCUT2D eigenvalue weighted by atomic mass is 16.6. The first-order chi connectivity index (χ1) is 6.64. The van der Waals surface area contributed by atoms with Crippen LogP contribution in [-0.2, 0) is 4.79 Å². The van der Waals surface area contributed by atoms with E-state index in [1.54, 1.807) is 0 Å². The average Bonchev–Trinajstić information content (AvgIpc) is 2.49. The lowest BCUT2D eigenvalue weighted by Gasteiger charge is -2.26. The van der Waals surface area contributed by atoms with Crippen LogP contribution in [-0.4, -0.2) is 17.8 Å². The Morgan fingerprint density at radius 3 is 2.86 bits per heavy atom. The molecule has 0 spiro atoms. The molecule has 0 amide bonds. The molecular formula is C10H17NO3. The van der Waals surface area contributed by atoms with Crippen molar-refractivity contribution in [1.29, 1.82) is 0 Å². The summed E-state index contributed by atoms with van der Waals surface area (Å²) in [5.74, 6) is -0.0325. The first kappa shape index (κ1) is 11.1. The number of hydrogen-bond acceptors (Lipinski definition) is 3.